The summed E-state index contributed by atoms with van der Waals surface area (Å²) in [6.45, 7) is -1.59. The van der Waals surface area contributed by atoms with Crippen LogP contribution in [0.25, 0.3) is 10.9 Å². The van der Waals surface area contributed by atoms with Crippen LogP contribution in [-0.4, -0.2) is 28.5 Å². The first-order valence-electron chi connectivity index (χ1n) is 7.92. The molecule has 1 N–H and O–H groups in total. The fraction of sp³-hybridized carbons (Fsp3) is 0.222. The number of alkyl halides is 3. The SMILES string of the molecule is Cn1nc(CC(=O)Nc2ccc(F)cc2OCC(F)(F)F)c2ccccc21. The highest BCUT2D eigenvalue weighted by Gasteiger charge is 2.29. The number of anilines is 1. The lowest BCUT2D eigenvalue weighted by Gasteiger charge is -2.14. The fourth-order valence-electron chi connectivity index (χ4n) is 2.64. The predicted octanol–water partition coefficient (Wildman–Crippen LogP) is 3.83. The molecule has 0 radical (unpaired) electrons. The average molecular weight is 381 g/mol. The van der Waals surface area contributed by atoms with Gasteiger partial charge in [0.05, 0.1) is 23.3 Å². The minimum Gasteiger partial charge on any atom is -0.482 e. The minimum absolute atomic E-state index is 0.0501. The molecule has 0 aliphatic heterocycles. The number of fused-ring (bicyclic) bond motifs is 1. The zero-order valence-corrected chi connectivity index (χ0v) is 14.2. The quantitative estimate of drug-likeness (QED) is 0.684. The highest BCUT2D eigenvalue weighted by atomic mass is 19.4. The standard InChI is InChI=1S/C18H15F4N3O2/c1-25-15-5-3-2-4-12(15)14(24-25)9-17(26)23-13-7-6-11(19)8-16(13)27-10-18(20,21)22/h2-8H,9-10H2,1H3,(H,23,26). The molecule has 9 heteroatoms. The van der Waals surface area contributed by atoms with E-state index in [1.54, 1.807) is 11.7 Å². The number of rotatable bonds is 5. The van der Waals surface area contributed by atoms with Crippen molar-refractivity contribution in [2.45, 2.75) is 12.6 Å². The van der Waals surface area contributed by atoms with Crippen molar-refractivity contribution >= 4 is 22.5 Å². The Morgan fingerprint density at radius 2 is 1.96 bits per heavy atom. The molecule has 0 saturated carbocycles. The summed E-state index contributed by atoms with van der Waals surface area (Å²) in [5.41, 5.74) is 1.31. The van der Waals surface area contributed by atoms with Crippen LogP contribution in [0.2, 0.25) is 0 Å². The van der Waals surface area contributed by atoms with Crippen molar-refractivity contribution in [1.82, 2.24) is 9.78 Å². The molecule has 2 aromatic carbocycles. The van der Waals surface area contributed by atoms with Gasteiger partial charge < -0.3 is 10.1 Å². The van der Waals surface area contributed by atoms with Gasteiger partial charge in [-0.3, -0.25) is 9.48 Å². The topological polar surface area (TPSA) is 56.2 Å². The van der Waals surface area contributed by atoms with Crippen molar-refractivity contribution in [1.29, 1.82) is 0 Å². The zero-order valence-electron chi connectivity index (χ0n) is 14.2. The summed E-state index contributed by atoms with van der Waals surface area (Å²) in [6, 6.07) is 10.3. The van der Waals surface area contributed by atoms with E-state index in [2.05, 4.69) is 15.2 Å². The van der Waals surface area contributed by atoms with E-state index in [0.29, 0.717) is 5.69 Å². The molecule has 0 saturated heterocycles. The number of carbonyl (C=O) groups is 1. The van der Waals surface area contributed by atoms with Gasteiger partial charge in [-0.25, -0.2) is 4.39 Å². The molecule has 0 aliphatic carbocycles. The van der Waals surface area contributed by atoms with Gasteiger partial charge >= 0.3 is 6.18 Å². The Labute approximate surface area is 151 Å². The van der Waals surface area contributed by atoms with Crippen LogP contribution in [0.15, 0.2) is 42.5 Å². The first-order valence-corrected chi connectivity index (χ1v) is 7.92. The number of nitrogens with one attached hydrogen (secondary N) is 1. The number of hydrogen-bond acceptors (Lipinski definition) is 3. The summed E-state index contributed by atoms with van der Waals surface area (Å²) in [7, 11) is 1.74. The number of amides is 1. The maximum Gasteiger partial charge on any atom is 0.422 e. The smallest absolute Gasteiger partial charge is 0.422 e. The van der Waals surface area contributed by atoms with Gasteiger partial charge in [0, 0.05) is 18.5 Å². The van der Waals surface area contributed by atoms with Gasteiger partial charge in [0.25, 0.3) is 0 Å². The van der Waals surface area contributed by atoms with Crippen molar-refractivity contribution in [2.75, 3.05) is 11.9 Å². The van der Waals surface area contributed by atoms with Crippen molar-refractivity contribution in [3.05, 3.63) is 54.0 Å². The lowest BCUT2D eigenvalue weighted by Crippen LogP contribution is -2.21. The maximum absolute atomic E-state index is 13.3. The first-order chi connectivity index (χ1) is 12.7. The molecule has 3 rings (SSSR count). The lowest BCUT2D eigenvalue weighted by atomic mass is 10.1. The van der Waals surface area contributed by atoms with E-state index in [1.165, 1.54) is 0 Å². The Morgan fingerprint density at radius 3 is 2.70 bits per heavy atom. The van der Waals surface area contributed by atoms with Crippen LogP contribution in [0.4, 0.5) is 23.2 Å². The van der Waals surface area contributed by atoms with Crippen LogP contribution in [0, 0.1) is 5.82 Å². The molecule has 0 fully saturated rings. The van der Waals surface area contributed by atoms with Crippen molar-refractivity contribution in [3.63, 3.8) is 0 Å². The summed E-state index contributed by atoms with van der Waals surface area (Å²) < 4.78 is 56.7. The number of aromatic nitrogens is 2. The second-order valence-corrected chi connectivity index (χ2v) is 5.86. The van der Waals surface area contributed by atoms with E-state index < -0.39 is 30.3 Å². The number of halogens is 4. The molecule has 0 spiro atoms. The van der Waals surface area contributed by atoms with Crippen LogP contribution >= 0.6 is 0 Å². The molecule has 5 nitrogen and oxygen atoms in total. The van der Waals surface area contributed by atoms with Crippen molar-refractivity contribution in [2.24, 2.45) is 7.05 Å². The molecule has 1 aromatic heterocycles. The van der Waals surface area contributed by atoms with E-state index in [4.69, 9.17) is 0 Å². The number of carbonyl (C=O) groups excluding carboxylic acids is 1. The van der Waals surface area contributed by atoms with E-state index in [9.17, 15) is 22.4 Å². The zero-order chi connectivity index (χ0) is 19.6. The van der Waals surface area contributed by atoms with Gasteiger partial charge in [-0.1, -0.05) is 18.2 Å². The third-order valence-corrected chi connectivity index (χ3v) is 3.77. The molecule has 1 heterocycles. The summed E-state index contributed by atoms with van der Waals surface area (Å²) in [5, 5.41) is 7.54. The average Bonchev–Trinajstić information content (AvgIpc) is 2.90. The molecule has 1 amide bonds. The molecule has 0 unspecified atom stereocenters. The van der Waals surface area contributed by atoms with E-state index in [0.717, 1.165) is 29.1 Å². The molecule has 27 heavy (non-hydrogen) atoms. The van der Waals surface area contributed by atoms with Crippen LogP contribution in [0.5, 0.6) is 5.75 Å². The number of aryl methyl sites for hydroxylation is 1. The van der Waals surface area contributed by atoms with E-state index in [1.807, 2.05) is 24.3 Å². The third kappa shape index (κ3) is 4.55. The maximum atomic E-state index is 13.3. The highest BCUT2D eigenvalue weighted by molar-refractivity contribution is 5.96. The second-order valence-electron chi connectivity index (χ2n) is 5.86. The van der Waals surface area contributed by atoms with Crippen LogP contribution in [-0.2, 0) is 18.3 Å². The first kappa shape index (κ1) is 18.7. The molecule has 142 valence electrons. The molecular weight excluding hydrogens is 366 g/mol. The van der Waals surface area contributed by atoms with Crippen molar-refractivity contribution < 1.29 is 27.1 Å². The van der Waals surface area contributed by atoms with Gasteiger partial charge in [0.1, 0.15) is 11.6 Å². The lowest BCUT2D eigenvalue weighted by molar-refractivity contribution is -0.153. The van der Waals surface area contributed by atoms with Crippen LogP contribution in [0.1, 0.15) is 5.69 Å². The number of ether oxygens (including phenoxy) is 1. The highest BCUT2D eigenvalue weighted by Crippen LogP contribution is 2.28. The Hall–Kier alpha value is -3.10. The minimum atomic E-state index is -4.58. The summed E-state index contributed by atoms with van der Waals surface area (Å²) in [4.78, 5) is 12.3. The number of benzene rings is 2. The molecule has 0 atom stereocenters. The predicted molar refractivity (Wildman–Crippen MR) is 91.0 cm³/mol. The second kappa shape index (κ2) is 7.26. The van der Waals surface area contributed by atoms with E-state index >= 15 is 0 Å². The molecule has 0 aliphatic rings. The van der Waals surface area contributed by atoms with Gasteiger partial charge in [0.2, 0.25) is 5.91 Å². The van der Waals surface area contributed by atoms with Crippen LogP contribution < -0.4 is 10.1 Å². The van der Waals surface area contributed by atoms with E-state index in [-0.39, 0.29) is 12.1 Å². The summed E-state index contributed by atoms with van der Waals surface area (Å²) in [6.07, 6.45) is -4.68. The monoisotopic (exact) mass is 381 g/mol. The Kier molecular flexibility index (Phi) is 5.02. The number of para-hydroxylation sites is 1. The Bertz CT molecular complexity index is 982. The Balaban J connectivity index is 1.77. The Morgan fingerprint density at radius 1 is 1.22 bits per heavy atom. The largest absolute Gasteiger partial charge is 0.482 e. The van der Waals surface area contributed by atoms with Gasteiger partial charge in [-0.15, -0.1) is 0 Å². The normalized spacial score (nSPS) is 11.6. The molecular formula is C18H15F4N3O2. The molecule has 0 bridgehead atoms. The van der Waals surface area contributed by atoms with Gasteiger partial charge in [0.15, 0.2) is 6.61 Å². The molecule has 3 aromatic rings. The number of nitrogens with zero attached hydrogens (tertiary/aromatic N) is 2. The van der Waals surface area contributed by atoms with Crippen LogP contribution in [0.3, 0.4) is 0 Å². The summed E-state index contributed by atoms with van der Waals surface area (Å²) >= 11 is 0. The fourth-order valence-corrected chi connectivity index (χ4v) is 2.64. The van der Waals surface area contributed by atoms with Gasteiger partial charge in [-0.05, 0) is 18.2 Å². The van der Waals surface area contributed by atoms with Crippen molar-refractivity contribution in [3.8, 4) is 5.75 Å². The number of hydrogen-bond donors (Lipinski definition) is 1. The third-order valence-electron chi connectivity index (χ3n) is 3.77. The van der Waals surface area contributed by atoms with Gasteiger partial charge in [-0.2, -0.15) is 18.3 Å². The summed E-state index contributed by atoms with van der Waals surface area (Å²) in [5.74, 6) is -1.69.